The third kappa shape index (κ3) is 4.54. The summed E-state index contributed by atoms with van der Waals surface area (Å²) in [5.74, 6) is -1.45. The Morgan fingerprint density at radius 2 is 1.96 bits per heavy atom. The summed E-state index contributed by atoms with van der Waals surface area (Å²) >= 11 is 0. The van der Waals surface area contributed by atoms with Crippen LogP contribution in [0.25, 0.3) is 0 Å². The van der Waals surface area contributed by atoms with E-state index in [9.17, 15) is 9.59 Å². The molecular weight excluding hydrogens is 346 g/mol. The summed E-state index contributed by atoms with van der Waals surface area (Å²) in [6, 6.07) is 7.54. The molecule has 1 unspecified atom stereocenters. The van der Waals surface area contributed by atoms with Gasteiger partial charge in [0.05, 0.1) is 23.7 Å². The van der Waals surface area contributed by atoms with Crippen molar-refractivity contribution in [3.05, 3.63) is 47.3 Å². The zero-order valence-corrected chi connectivity index (χ0v) is 15.6. The van der Waals surface area contributed by atoms with Gasteiger partial charge in [-0.2, -0.15) is 5.10 Å². The molecule has 1 amide bonds. The summed E-state index contributed by atoms with van der Waals surface area (Å²) in [4.78, 5) is 23.6. The van der Waals surface area contributed by atoms with Crippen molar-refractivity contribution in [3.8, 4) is 0 Å². The first-order valence-electron chi connectivity index (χ1n) is 9.20. The van der Waals surface area contributed by atoms with Gasteiger partial charge < -0.3 is 15.2 Å². The number of nitrogens with one attached hydrogen (secondary N) is 1. The minimum Gasteiger partial charge on any atom is -0.481 e. The Morgan fingerprint density at radius 3 is 2.59 bits per heavy atom. The minimum atomic E-state index is -0.815. The molecule has 1 aliphatic rings. The van der Waals surface area contributed by atoms with Gasteiger partial charge in [0.1, 0.15) is 0 Å². The van der Waals surface area contributed by atoms with Crippen molar-refractivity contribution in [3.63, 3.8) is 0 Å². The molecule has 1 saturated heterocycles. The molecule has 1 fully saturated rings. The van der Waals surface area contributed by atoms with E-state index in [1.54, 1.807) is 25.3 Å². The number of aromatic nitrogens is 2. The lowest BCUT2D eigenvalue weighted by atomic mass is 10.0. The number of anilines is 1. The molecule has 144 valence electrons. The van der Waals surface area contributed by atoms with E-state index < -0.39 is 11.9 Å². The minimum absolute atomic E-state index is 0.197. The van der Waals surface area contributed by atoms with Crippen molar-refractivity contribution in [2.75, 3.05) is 18.5 Å². The molecule has 1 atom stereocenters. The van der Waals surface area contributed by atoms with Gasteiger partial charge in [0.25, 0.3) is 5.91 Å². The Labute approximate surface area is 158 Å². The van der Waals surface area contributed by atoms with Crippen molar-refractivity contribution >= 4 is 17.6 Å². The Balaban J connectivity index is 1.65. The second-order valence-corrected chi connectivity index (χ2v) is 7.03. The Bertz CT molecular complexity index is 807. The highest BCUT2D eigenvalue weighted by atomic mass is 16.5. The molecule has 2 heterocycles. The fraction of sp³-hybridized carbons (Fsp3) is 0.450. The van der Waals surface area contributed by atoms with Gasteiger partial charge >= 0.3 is 5.97 Å². The normalized spacial score (nSPS) is 16.1. The highest BCUT2D eigenvalue weighted by Gasteiger charge is 2.22. The molecule has 0 spiro atoms. The van der Waals surface area contributed by atoms with Gasteiger partial charge in [-0.15, -0.1) is 0 Å². The standard InChI is InChI=1S/C20H25N3O4/c1-13(20(25)26)11-15-3-5-16(6-4-15)22-19(24)18-12-21-23(14(18)2)17-7-9-27-10-8-17/h3-6,12-13,17H,7-11H2,1-2H3,(H,22,24)(H,25,26). The number of hydrogen-bond donors (Lipinski definition) is 2. The van der Waals surface area contributed by atoms with Crippen LogP contribution in [-0.4, -0.2) is 40.0 Å². The van der Waals surface area contributed by atoms with E-state index in [4.69, 9.17) is 9.84 Å². The summed E-state index contributed by atoms with van der Waals surface area (Å²) in [7, 11) is 0. The predicted octanol–water partition coefficient (Wildman–Crippen LogP) is 3.06. The fourth-order valence-electron chi connectivity index (χ4n) is 3.31. The molecule has 7 nitrogen and oxygen atoms in total. The predicted molar refractivity (Wildman–Crippen MR) is 101 cm³/mol. The summed E-state index contributed by atoms with van der Waals surface area (Å²) < 4.78 is 7.31. The molecule has 0 saturated carbocycles. The smallest absolute Gasteiger partial charge is 0.306 e. The highest BCUT2D eigenvalue weighted by Crippen LogP contribution is 2.23. The van der Waals surface area contributed by atoms with Gasteiger partial charge in [-0.25, -0.2) is 0 Å². The number of rotatable bonds is 6. The summed E-state index contributed by atoms with van der Waals surface area (Å²) in [6.45, 7) is 5.03. The molecule has 3 rings (SSSR count). The van der Waals surface area contributed by atoms with Gasteiger partial charge in [0.15, 0.2) is 0 Å². The van der Waals surface area contributed by atoms with Crippen molar-refractivity contribution in [1.82, 2.24) is 9.78 Å². The molecule has 2 aromatic rings. The third-order valence-electron chi connectivity index (χ3n) is 5.00. The van der Waals surface area contributed by atoms with E-state index >= 15 is 0 Å². The Morgan fingerprint density at radius 1 is 1.30 bits per heavy atom. The van der Waals surface area contributed by atoms with Gasteiger partial charge in [-0.1, -0.05) is 19.1 Å². The van der Waals surface area contributed by atoms with Gasteiger partial charge in [0, 0.05) is 24.6 Å². The molecule has 0 bridgehead atoms. The summed E-state index contributed by atoms with van der Waals surface area (Å²) in [5.41, 5.74) is 3.01. The number of nitrogens with zero attached hydrogens (tertiary/aromatic N) is 2. The average molecular weight is 371 g/mol. The van der Waals surface area contributed by atoms with Crippen LogP contribution in [0, 0.1) is 12.8 Å². The molecule has 27 heavy (non-hydrogen) atoms. The van der Waals surface area contributed by atoms with Gasteiger partial charge in [0.2, 0.25) is 0 Å². The van der Waals surface area contributed by atoms with E-state index in [1.165, 1.54) is 0 Å². The van der Waals surface area contributed by atoms with E-state index in [0.29, 0.717) is 17.7 Å². The topological polar surface area (TPSA) is 93.5 Å². The monoisotopic (exact) mass is 371 g/mol. The molecular formula is C20H25N3O4. The van der Waals surface area contributed by atoms with Crippen LogP contribution >= 0.6 is 0 Å². The van der Waals surface area contributed by atoms with Crippen LogP contribution in [0.4, 0.5) is 5.69 Å². The SMILES string of the molecule is Cc1c(C(=O)Nc2ccc(CC(C)C(=O)O)cc2)cnn1C1CCOCC1. The van der Waals surface area contributed by atoms with Crippen LogP contribution in [0.5, 0.6) is 0 Å². The second kappa shape index (κ2) is 8.35. The molecule has 1 aliphatic heterocycles. The van der Waals surface area contributed by atoms with E-state index in [2.05, 4.69) is 10.4 Å². The number of carbonyl (C=O) groups excluding carboxylic acids is 1. The first-order chi connectivity index (χ1) is 13.0. The van der Waals surface area contributed by atoms with Crippen LogP contribution < -0.4 is 5.32 Å². The summed E-state index contributed by atoms with van der Waals surface area (Å²) in [5, 5.41) is 16.3. The maximum absolute atomic E-state index is 12.6. The quantitative estimate of drug-likeness (QED) is 0.814. The summed E-state index contributed by atoms with van der Waals surface area (Å²) in [6.07, 6.45) is 3.88. The van der Waals surface area contributed by atoms with Crippen molar-refractivity contribution in [2.45, 2.75) is 39.2 Å². The first kappa shape index (κ1) is 19.1. The number of carbonyl (C=O) groups is 2. The molecule has 1 aromatic carbocycles. The van der Waals surface area contributed by atoms with Gasteiger partial charge in [-0.3, -0.25) is 14.3 Å². The molecule has 7 heteroatoms. The van der Waals surface area contributed by atoms with Crippen LogP contribution in [0.3, 0.4) is 0 Å². The third-order valence-corrected chi connectivity index (χ3v) is 5.00. The van der Waals surface area contributed by atoms with Gasteiger partial charge in [-0.05, 0) is 43.9 Å². The van der Waals surface area contributed by atoms with Crippen molar-refractivity contribution < 1.29 is 19.4 Å². The number of hydrogen-bond acceptors (Lipinski definition) is 4. The van der Waals surface area contributed by atoms with E-state index in [0.717, 1.165) is 37.3 Å². The fourth-order valence-corrected chi connectivity index (χ4v) is 3.31. The first-order valence-corrected chi connectivity index (χ1v) is 9.20. The number of carboxylic acid groups (broad SMARTS) is 1. The van der Waals surface area contributed by atoms with Crippen LogP contribution in [0.1, 0.15) is 47.4 Å². The molecule has 0 aliphatic carbocycles. The molecule has 1 aromatic heterocycles. The van der Waals surface area contributed by atoms with Crippen molar-refractivity contribution in [1.29, 1.82) is 0 Å². The Hall–Kier alpha value is -2.67. The number of aliphatic carboxylic acids is 1. The lowest BCUT2D eigenvalue weighted by Gasteiger charge is -2.23. The van der Waals surface area contributed by atoms with Crippen LogP contribution in [0.15, 0.2) is 30.5 Å². The average Bonchev–Trinajstić information content (AvgIpc) is 3.05. The molecule has 2 N–H and O–H groups in total. The number of carboxylic acids is 1. The second-order valence-electron chi connectivity index (χ2n) is 7.03. The van der Waals surface area contributed by atoms with Crippen LogP contribution in [0.2, 0.25) is 0 Å². The van der Waals surface area contributed by atoms with E-state index in [-0.39, 0.29) is 11.9 Å². The van der Waals surface area contributed by atoms with E-state index in [1.807, 2.05) is 23.7 Å². The number of benzene rings is 1. The molecule has 0 radical (unpaired) electrons. The zero-order valence-electron chi connectivity index (χ0n) is 15.6. The number of ether oxygens (including phenoxy) is 1. The largest absolute Gasteiger partial charge is 0.481 e. The Kier molecular flexibility index (Phi) is 5.91. The van der Waals surface area contributed by atoms with Crippen molar-refractivity contribution in [2.24, 2.45) is 5.92 Å². The zero-order chi connectivity index (χ0) is 19.4. The van der Waals surface area contributed by atoms with Crippen LogP contribution in [-0.2, 0) is 16.0 Å². The highest BCUT2D eigenvalue weighted by molar-refractivity contribution is 6.04. The number of amides is 1. The lowest BCUT2D eigenvalue weighted by molar-refractivity contribution is -0.141. The maximum atomic E-state index is 12.6. The lowest BCUT2D eigenvalue weighted by Crippen LogP contribution is -2.22. The maximum Gasteiger partial charge on any atom is 0.306 e.